The minimum Gasteiger partial charge on any atom is -0.489 e. The van der Waals surface area contributed by atoms with E-state index in [-0.39, 0.29) is 6.10 Å². The Kier molecular flexibility index (Phi) is 4.26. The standard InChI is InChI=1S/C13H17ClO3/c1-9(15)10-2-3-13(12(14)8-10)17-11-4-6-16-7-5-11/h2-3,8-9,11,15H,4-7H2,1H3/t9-/m0/s1. The molecule has 1 heterocycles. The van der Waals surface area contributed by atoms with Crippen LogP contribution in [-0.4, -0.2) is 24.4 Å². The minimum atomic E-state index is -0.510. The predicted octanol–water partition coefficient (Wildman–Crippen LogP) is 2.95. The summed E-state index contributed by atoms with van der Waals surface area (Å²) in [6.45, 7) is 3.20. The number of halogens is 1. The number of benzene rings is 1. The Hall–Kier alpha value is -0.770. The van der Waals surface area contributed by atoms with Gasteiger partial charge in [-0.2, -0.15) is 0 Å². The van der Waals surface area contributed by atoms with Crippen molar-refractivity contribution in [2.24, 2.45) is 0 Å². The van der Waals surface area contributed by atoms with Crippen molar-refractivity contribution in [3.8, 4) is 5.75 Å². The number of aliphatic hydroxyl groups is 1. The highest BCUT2D eigenvalue weighted by Gasteiger charge is 2.17. The van der Waals surface area contributed by atoms with Crippen molar-refractivity contribution in [2.45, 2.75) is 32.0 Å². The normalized spacial score (nSPS) is 19.0. The predicted molar refractivity (Wildman–Crippen MR) is 66.6 cm³/mol. The van der Waals surface area contributed by atoms with Gasteiger partial charge in [0.1, 0.15) is 11.9 Å². The molecule has 3 nitrogen and oxygen atoms in total. The molecule has 1 aliphatic rings. The van der Waals surface area contributed by atoms with Gasteiger partial charge in [0.15, 0.2) is 0 Å². The average molecular weight is 257 g/mol. The van der Waals surface area contributed by atoms with Crippen LogP contribution in [0.5, 0.6) is 5.75 Å². The zero-order valence-electron chi connectivity index (χ0n) is 9.86. The van der Waals surface area contributed by atoms with Crippen LogP contribution in [0.15, 0.2) is 18.2 Å². The third kappa shape index (κ3) is 3.35. The van der Waals surface area contributed by atoms with Crippen molar-refractivity contribution in [3.63, 3.8) is 0 Å². The Balaban J connectivity index is 2.05. The molecule has 1 atom stereocenters. The molecule has 2 rings (SSSR count). The molecule has 0 aromatic heterocycles. The van der Waals surface area contributed by atoms with Crippen LogP contribution in [0.1, 0.15) is 31.4 Å². The van der Waals surface area contributed by atoms with Crippen LogP contribution >= 0.6 is 11.6 Å². The van der Waals surface area contributed by atoms with E-state index in [4.69, 9.17) is 21.1 Å². The van der Waals surface area contributed by atoms with Crippen molar-refractivity contribution in [2.75, 3.05) is 13.2 Å². The monoisotopic (exact) mass is 256 g/mol. The summed E-state index contributed by atoms with van der Waals surface area (Å²) >= 11 is 6.13. The summed E-state index contributed by atoms with van der Waals surface area (Å²) in [4.78, 5) is 0. The number of hydrogen-bond donors (Lipinski definition) is 1. The van der Waals surface area contributed by atoms with Crippen LogP contribution in [0.25, 0.3) is 0 Å². The van der Waals surface area contributed by atoms with E-state index < -0.39 is 6.10 Å². The zero-order valence-corrected chi connectivity index (χ0v) is 10.6. The minimum absolute atomic E-state index is 0.179. The van der Waals surface area contributed by atoms with E-state index in [9.17, 15) is 5.11 Å². The molecule has 0 bridgehead atoms. The van der Waals surface area contributed by atoms with Crippen LogP contribution in [0.2, 0.25) is 5.02 Å². The Morgan fingerprint density at radius 3 is 2.71 bits per heavy atom. The van der Waals surface area contributed by atoms with Crippen molar-refractivity contribution in [1.29, 1.82) is 0 Å². The third-order valence-corrected chi connectivity index (χ3v) is 3.20. The van der Waals surface area contributed by atoms with Crippen molar-refractivity contribution < 1.29 is 14.6 Å². The Labute approximate surface area is 106 Å². The lowest BCUT2D eigenvalue weighted by atomic mass is 10.1. The molecule has 0 radical (unpaired) electrons. The van der Waals surface area contributed by atoms with Gasteiger partial charge in [-0.3, -0.25) is 0 Å². The molecule has 1 aromatic carbocycles. The van der Waals surface area contributed by atoms with Crippen LogP contribution in [0.3, 0.4) is 0 Å². The molecule has 1 aliphatic heterocycles. The smallest absolute Gasteiger partial charge is 0.138 e. The second kappa shape index (κ2) is 5.71. The molecule has 1 fully saturated rings. The maximum atomic E-state index is 9.44. The van der Waals surface area contributed by atoms with Gasteiger partial charge in [0.2, 0.25) is 0 Å². The van der Waals surface area contributed by atoms with E-state index in [2.05, 4.69) is 0 Å². The molecule has 17 heavy (non-hydrogen) atoms. The highest BCUT2D eigenvalue weighted by Crippen LogP contribution is 2.29. The number of aliphatic hydroxyl groups excluding tert-OH is 1. The van der Waals surface area contributed by atoms with E-state index in [1.54, 1.807) is 13.0 Å². The van der Waals surface area contributed by atoms with Gasteiger partial charge >= 0.3 is 0 Å². The van der Waals surface area contributed by atoms with Crippen molar-refractivity contribution >= 4 is 11.6 Å². The fraction of sp³-hybridized carbons (Fsp3) is 0.538. The summed E-state index contributed by atoms with van der Waals surface area (Å²) in [7, 11) is 0. The van der Waals surface area contributed by atoms with E-state index in [0.717, 1.165) is 31.6 Å². The van der Waals surface area contributed by atoms with Gasteiger partial charge in [-0.15, -0.1) is 0 Å². The zero-order chi connectivity index (χ0) is 12.3. The Morgan fingerprint density at radius 1 is 1.41 bits per heavy atom. The third-order valence-electron chi connectivity index (χ3n) is 2.90. The van der Waals surface area contributed by atoms with Gasteiger partial charge in [-0.05, 0) is 24.6 Å². The number of hydrogen-bond acceptors (Lipinski definition) is 3. The second-order valence-electron chi connectivity index (χ2n) is 4.30. The lowest BCUT2D eigenvalue weighted by Gasteiger charge is -2.24. The van der Waals surface area contributed by atoms with Gasteiger partial charge in [-0.25, -0.2) is 0 Å². The summed E-state index contributed by atoms with van der Waals surface area (Å²) in [6.07, 6.45) is 1.46. The lowest BCUT2D eigenvalue weighted by Crippen LogP contribution is -2.25. The highest BCUT2D eigenvalue weighted by atomic mass is 35.5. The largest absolute Gasteiger partial charge is 0.489 e. The van der Waals surface area contributed by atoms with E-state index in [0.29, 0.717) is 10.8 Å². The highest BCUT2D eigenvalue weighted by molar-refractivity contribution is 6.32. The fourth-order valence-corrected chi connectivity index (χ4v) is 2.08. The summed E-state index contributed by atoms with van der Waals surface area (Å²) in [5.41, 5.74) is 0.800. The maximum absolute atomic E-state index is 9.44. The first-order chi connectivity index (χ1) is 8.16. The van der Waals surface area contributed by atoms with Gasteiger partial charge in [0.05, 0.1) is 24.3 Å². The van der Waals surface area contributed by atoms with Gasteiger partial charge in [0, 0.05) is 12.8 Å². The van der Waals surface area contributed by atoms with Gasteiger partial charge in [0.25, 0.3) is 0 Å². The van der Waals surface area contributed by atoms with Crippen LogP contribution in [0.4, 0.5) is 0 Å². The molecule has 0 aliphatic carbocycles. The molecule has 1 aromatic rings. The van der Waals surface area contributed by atoms with Gasteiger partial charge < -0.3 is 14.6 Å². The number of ether oxygens (including phenoxy) is 2. The quantitative estimate of drug-likeness (QED) is 0.904. The van der Waals surface area contributed by atoms with Crippen LogP contribution in [0, 0.1) is 0 Å². The van der Waals surface area contributed by atoms with Crippen molar-refractivity contribution in [3.05, 3.63) is 28.8 Å². The fourth-order valence-electron chi connectivity index (χ4n) is 1.85. The first kappa shape index (κ1) is 12.7. The molecule has 0 saturated carbocycles. The first-order valence-electron chi connectivity index (χ1n) is 5.88. The summed E-state index contributed by atoms with van der Waals surface area (Å²) in [6, 6.07) is 5.41. The molecular formula is C13H17ClO3. The maximum Gasteiger partial charge on any atom is 0.138 e. The van der Waals surface area contributed by atoms with Crippen LogP contribution < -0.4 is 4.74 Å². The molecule has 94 valence electrons. The topological polar surface area (TPSA) is 38.7 Å². The summed E-state index contributed by atoms with van der Waals surface area (Å²) in [5.74, 6) is 0.683. The van der Waals surface area contributed by atoms with Crippen LogP contribution in [-0.2, 0) is 4.74 Å². The summed E-state index contributed by atoms with van der Waals surface area (Å²) in [5, 5.41) is 10.00. The molecule has 1 N–H and O–H groups in total. The van der Waals surface area contributed by atoms with Gasteiger partial charge in [-0.1, -0.05) is 17.7 Å². The number of rotatable bonds is 3. The molecule has 0 amide bonds. The Morgan fingerprint density at radius 2 is 2.12 bits per heavy atom. The first-order valence-corrected chi connectivity index (χ1v) is 6.26. The second-order valence-corrected chi connectivity index (χ2v) is 4.70. The van der Waals surface area contributed by atoms with E-state index in [1.165, 1.54) is 0 Å². The molecule has 1 saturated heterocycles. The van der Waals surface area contributed by atoms with E-state index in [1.807, 2.05) is 12.1 Å². The SMILES string of the molecule is C[C@H](O)c1ccc(OC2CCOCC2)c(Cl)c1. The summed E-state index contributed by atoms with van der Waals surface area (Å²) < 4.78 is 11.1. The van der Waals surface area contributed by atoms with Crippen molar-refractivity contribution in [1.82, 2.24) is 0 Å². The van der Waals surface area contributed by atoms with E-state index >= 15 is 0 Å². The average Bonchev–Trinajstić information content (AvgIpc) is 2.33. The lowest BCUT2D eigenvalue weighted by molar-refractivity contribution is 0.0256. The molecule has 0 spiro atoms. The Bertz CT molecular complexity index is 373. The molecule has 0 unspecified atom stereocenters. The molecular weight excluding hydrogens is 240 g/mol. The molecule has 4 heteroatoms.